The van der Waals surface area contributed by atoms with E-state index in [0.29, 0.717) is 0 Å². The van der Waals surface area contributed by atoms with Gasteiger partial charge in [-0.2, -0.15) is 0 Å². The van der Waals surface area contributed by atoms with Crippen LogP contribution in [0, 0.1) is 0 Å². The van der Waals surface area contributed by atoms with Gasteiger partial charge in [-0.05, 0) is 25.7 Å². The molecule has 0 bridgehead atoms. The predicted octanol–water partition coefficient (Wildman–Crippen LogP) is 2.18. The second-order valence-corrected chi connectivity index (χ2v) is 2.64. The fourth-order valence-electron chi connectivity index (χ4n) is 1.33. The smallest absolute Gasteiger partial charge is 0.450 e. The first kappa shape index (κ1) is 10.2. The Hall–Kier alpha value is -0.770. The average Bonchev–Trinajstić information content (AvgIpc) is 1.88. The number of hydrogen-bond acceptors (Lipinski definition) is 3. The third-order valence-electron chi connectivity index (χ3n) is 1.82. The second kappa shape index (κ2) is 4.96. The van der Waals surface area contributed by atoms with Crippen LogP contribution in [0.5, 0.6) is 0 Å². The van der Waals surface area contributed by atoms with Gasteiger partial charge in [0, 0.05) is 0 Å². The molecule has 0 amide bonds. The van der Waals surface area contributed by atoms with Crippen LogP contribution < -0.4 is 6.15 Å². The molecule has 4 heteroatoms. The Labute approximate surface area is 66.1 Å². The Bertz CT molecular complexity index is 121. The quantitative estimate of drug-likeness (QED) is 0.577. The van der Waals surface area contributed by atoms with Crippen molar-refractivity contribution in [1.29, 1.82) is 0 Å². The van der Waals surface area contributed by atoms with Crippen molar-refractivity contribution >= 4 is 6.16 Å². The van der Waals surface area contributed by atoms with Gasteiger partial charge in [-0.1, -0.05) is 6.42 Å². The molecule has 4 N–H and O–H groups in total. The number of carboxylic acid groups (broad SMARTS) is 1. The SMILES string of the molecule is N.O=C(O)OC1CCCCC1. The lowest BCUT2D eigenvalue weighted by molar-refractivity contribution is 0.0358. The summed E-state index contributed by atoms with van der Waals surface area (Å²) < 4.78 is 4.61. The van der Waals surface area contributed by atoms with Crippen molar-refractivity contribution in [3.8, 4) is 0 Å². The lowest BCUT2D eigenvalue weighted by Gasteiger charge is -2.19. The molecule has 0 aromatic rings. The van der Waals surface area contributed by atoms with Gasteiger partial charge in [0.2, 0.25) is 0 Å². The van der Waals surface area contributed by atoms with Gasteiger partial charge in [-0.3, -0.25) is 0 Å². The van der Waals surface area contributed by atoms with Crippen molar-refractivity contribution in [2.75, 3.05) is 0 Å². The molecule has 1 aliphatic rings. The van der Waals surface area contributed by atoms with Crippen LogP contribution in [0.1, 0.15) is 32.1 Å². The van der Waals surface area contributed by atoms with Gasteiger partial charge >= 0.3 is 6.16 Å². The summed E-state index contributed by atoms with van der Waals surface area (Å²) in [6, 6.07) is 0. The van der Waals surface area contributed by atoms with Crippen LogP contribution in [0.15, 0.2) is 0 Å². The normalized spacial score (nSPS) is 18.5. The maximum Gasteiger partial charge on any atom is 0.506 e. The highest BCUT2D eigenvalue weighted by molar-refractivity contribution is 5.57. The molecule has 0 aliphatic heterocycles. The highest BCUT2D eigenvalue weighted by Crippen LogP contribution is 2.19. The molecular weight excluding hydrogens is 146 g/mol. The molecule has 0 heterocycles. The van der Waals surface area contributed by atoms with Crippen molar-refractivity contribution in [2.45, 2.75) is 38.2 Å². The Balaban J connectivity index is 0.000001000. The van der Waals surface area contributed by atoms with Gasteiger partial charge in [0.05, 0.1) is 0 Å². The molecule has 4 nitrogen and oxygen atoms in total. The van der Waals surface area contributed by atoms with Crippen molar-refractivity contribution in [3.05, 3.63) is 0 Å². The van der Waals surface area contributed by atoms with Crippen LogP contribution in [-0.2, 0) is 4.74 Å². The zero-order chi connectivity index (χ0) is 7.40. The number of hydrogen-bond donors (Lipinski definition) is 2. The van der Waals surface area contributed by atoms with Crippen molar-refractivity contribution in [2.24, 2.45) is 0 Å². The predicted molar refractivity (Wildman–Crippen MR) is 41.0 cm³/mol. The van der Waals surface area contributed by atoms with Gasteiger partial charge in [0.15, 0.2) is 0 Å². The molecular formula is C7H15NO3. The summed E-state index contributed by atoms with van der Waals surface area (Å²) >= 11 is 0. The Morgan fingerprint density at radius 3 is 2.27 bits per heavy atom. The van der Waals surface area contributed by atoms with Gasteiger partial charge in [0.1, 0.15) is 6.10 Å². The summed E-state index contributed by atoms with van der Waals surface area (Å²) in [6.45, 7) is 0. The Kier molecular flexibility index (Phi) is 4.61. The fraction of sp³-hybridized carbons (Fsp3) is 0.857. The molecule has 11 heavy (non-hydrogen) atoms. The van der Waals surface area contributed by atoms with Crippen LogP contribution in [0.4, 0.5) is 4.79 Å². The zero-order valence-electron chi connectivity index (χ0n) is 6.58. The monoisotopic (exact) mass is 161 g/mol. The minimum Gasteiger partial charge on any atom is -0.450 e. The van der Waals surface area contributed by atoms with E-state index in [1.54, 1.807) is 0 Å². The van der Waals surface area contributed by atoms with E-state index in [0.717, 1.165) is 25.7 Å². The third kappa shape index (κ3) is 3.83. The lowest BCUT2D eigenvalue weighted by atomic mass is 9.98. The highest BCUT2D eigenvalue weighted by atomic mass is 16.7. The van der Waals surface area contributed by atoms with Gasteiger partial charge in [0.25, 0.3) is 0 Å². The molecule has 66 valence electrons. The van der Waals surface area contributed by atoms with E-state index in [1.165, 1.54) is 6.42 Å². The molecule has 0 radical (unpaired) electrons. The van der Waals surface area contributed by atoms with E-state index in [-0.39, 0.29) is 12.3 Å². The molecule has 0 aromatic heterocycles. The Morgan fingerprint density at radius 1 is 1.27 bits per heavy atom. The first-order valence-electron chi connectivity index (χ1n) is 3.68. The summed E-state index contributed by atoms with van der Waals surface area (Å²) in [4.78, 5) is 10.0. The molecule has 1 aliphatic carbocycles. The van der Waals surface area contributed by atoms with E-state index in [1.807, 2.05) is 0 Å². The van der Waals surface area contributed by atoms with E-state index < -0.39 is 6.16 Å². The second-order valence-electron chi connectivity index (χ2n) is 2.64. The molecule has 1 fully saturated rings. The summed E-state index contributed by atoms with van der Waals surface area (Å²) in [5.41, 5.74) is 0. The van der Waals surface area contributed by atoms with Crippen LogP contribution in [0.25, 0.3) is 0 Å². The maximum atomic E-state index is 10.0. The average molecular weight is 161 g/mol. The molecule has 0 spiro atoms. The molecule has 0 aromatic carbocycles. The highest BCUT2D eigenvalue weighted by Gasteiger charge is 2.16. The largest absolute Gasteiger partial charge is 0.506 e. The molecule has 0 unspecified atom stereocenters. The Morgan fingerprint density at radius 2 is 1.82 bits per heavy atom. The van der Waals surface area contributed by atoms with Crippen molar-refractivity contribution in [1.82, 2.24) is 6.15 Å². The minimum absolute atomic E-state index is 0. The van der Waals surface area contributed by atoms with Gasteiger partial charge < -0.3 is 16.0 Å². The maximum absolute atomic E-state index is 10.0. The third-order valence-corrected chi connectivity index (χ3v) is 1.82. The summed E-state index contributed by atoms with van der Waals surface area (Å²) in [7, 11) is 0. The van der Waals surface area contributed by atoms with E-state index in [4.69, 9.17) is 5.11 Å². The van der Waals surface area contributed by atoms with Gasteiger partial charge in [-0.25, -0.2) is 4.79 Å². The molecule has 1 rings (SSSR count). The number of rotatable bonds is 1. The fourth-order valence-corrected chi connectivity index (χ4v) is 1.33. The van der Waals surface area contributed by atoms with Gasteiger partial charge in [-0.15, -0.1) is 0 Å². The minimum atomic E-state index is -1.13. The first-order chi connectivity index (χ1) is 4.79. The van der Waals surface area contributed by atoms with Crippen molar-refractivity contribution < 1.29 is 14.6 Å². The van der Waals surface area contributed by atoms with E-state index >= 15 is 0 Å². The summed E-state index contributed by atoms with van der Waals surface area (Å²) in [5, 5.41) is 8.24. The molecule has 0 saturated heterocycles. The van der Waals surface area contributed by atoms with E-state index in [2.05, 4.69) is 4.74 Å². The molecule has 1 saturated carbocycles. The number of carbonyl (C=O) groups is 1. The lowest BCUT2D eigenvalue weighted by Crippen LogP contribution is -2.19. The van der Waals surface area contributed by atoms with Crippen LogP contribution in [0.2, 0.25) is 0 Å². The molecule has 0 atom stereocenters. The zero-order valence-corrected chi connectivity index (χ0v) is 6.58. The van der Waals surface area contributed by atoms with Crippen LogP contribution in [-0.4, -0.2) is 17.4 Å². The van der Waals surface area contributed by atoms with Crippen LogP contribution in [0.3, 0.4) is 0 Å². The number of ether oxygens (including phenoxy) is 1. The van der Waals surface area contributed by atoms with E-state index in [9.17, 15) is 4.79 Å². The summed E-state index contributed by atoms with van der Waals surface area (Å²) in [5.74, 6) is 0. The topological polar surface area (TPSA) is 81.5 Å². The summed E-state index contributed by atoms with van der Waals surface area (Å²) in [6.07, 6.45) is 4.10. The first-order valence-corrected chi connectivity index (χ1v) is 3.68. The van der Waals surface area contributed by atoms with Crippen LogP contribution >= 0.6 is 0 Å². The standard InChI is InChI=1S/C7H12O3.H3N/c8-7(9)10-6-4-2-1-3-5-6;/h6H,1-5H2,(H,8,9);1H3. The van der Waals surface area contributed by atoms with Crippen molar-refractivity contribution in [3.63, 3.8) is 0 Å².